The van der Waals surface area contributed by atoms with Gasteiger partial charge in [-0.05, 0) is 40.2 Å². The minimum absolute atomic E-state index is 0.307. The largest absolute Gasteiger partial charge is 0.435 e. The highest BCUT2D eigenvalue weighted by atomic mass is 79.9. The Morgan fingerprint density at radius 3 is 2.85 bits per heavy atom. The van der Waals surface area contributed by atoms with Gasteiger partial charge in [0.05, 0.1) is 5.02 Å². The van der Waals surface area contributed by atoms with Crippen LogP contribution in [0.15, 0.2) is 41.3 Å². The molecular weight excluding hydrogens is 344 g/mol. The van der Waals surface area contributed by atoms with Gasteiger partial charge in [0.1, 0.15) is 22.1 Å². The van der Waals surface area contributed by atoms with E-state index in [1.807, 2.05) is 12.1 Å². The molecule has 0 aliphatic rings. The number of rotatable bonds is 2. The second-order valence-electron chi connectivity index (χ2n) is 3.93. The van der Waals surface area contributed by atoms with Crippen LogP contribution in [0.4, 0.5) is 5.82 Å². The fourth-order valence-corrected chi connectivity index (χ4v) is 2.24. The van der Waals surface area contributed by atoms with Crippen LogP contribution in [0.5, 0.6) is 11.6 Å². The van der Waals surface area contributed by atoms with Crippen molar-refractivity contribution < 1.29 is 4.74 Å². The smallest absolute Gasteiger partial charge is 0.238 e. The second-order valence-corrected chi connectivity index (χ2v) is 5.13. The normalized spacial score (nSPS) is 10.7. The van der Waals surface area contributed by atoms with Crippen molar-refractivity contribution in [3.63, 3.8) is 0 Å². The van der Waals surface area contributed by atoms with Crippen LogP contribution in [-0.4, -0.2) is 15.0 Å². The Morgan fingerprint density at radius 1 is 1.15 bits per heavy atom. The fourth-order valence-electron chi connectivity index (χ4n) is 1.74. The van der Waals surface area contributed by atoms with Gasteiger partial charge >= 0.3 is 0 Å². The van der Waals surface area contributed by atoms with E-state index in [0.717, 1.165) is 5.39 Å². The van der Waals surface area contributed by atoms with Gasteiger partial charge in [0.15, 0.2) is 5.75 Å². The topological polar surface area (TPSA) is 73.9 Å². The van der Waals surface area contributed by atoms with E-state index in [2.05, 4.69) is 30.9 Å². The van der Waals surface area contributed by atoms with Gasteiger partial charge in [-0.2, -0.15) is 0 Å². The Balaban J connectivity index is 2.12. The third-order valence-corrected chi connectivity index (χ3v) is 3.75. The number of pyridine rings is 1. The maximum Gasteiger partial charge on any atom is 0.238 e. The summed E-state index contributed by atoms with van der Waals surface area (Å²) in [6, 6.07) is 7.18. The summed E-state index contributed by atoms with van der Waals surface area (Å²) in [4.78, 5) is 12.2. The number of nitrogen functional groups attached to an aromatic ring is 1. The predicted octanol–water partition coefficient (Wildman–Crippen LogP) is 3.82. The number of aromatic nitrogens is 3. The number of ether oxygens (including phenoxy) is 1. The Kier molecular flexibility index (Phi) is 3.42. The van der Waals surface area contributed by atoms with E-state index in [1.54, 1.807) is 18.3 Å². The standard InChI is InChI=1S/C13H8BrClN4O/c14-10-12(16)18-6-19-13(10)20-9-4-3-8(15)7-2-1-5-17-11(7)9/h1-6H,(H2,16,18,19). The van der Waals surface area contributed by atoms with Crippen LogP contribution in [0.25, 0.3) is 10.9 Å². The highest BCUT2D eigenvalue weighted by Crippen LogP contribution is 2.35. The lowest BCUT2D eigenvalue weighted by atomic mass is 10.2. The van der Waals surface area contributed by atoms with E-state index in [1.165, 1.54) is 6.33 Å². The molecule has 3 rings (SSSR count). The van der Waals surface area contributed by atoms with Gasteiger partial charge in [0.2, 0.25) is 5.88 Å². The van der Waals surface area contributed by atoms with E-state index in [0.29, 0.717) is 32.5 Å². The molecule has 0 aliphatic heterocycles. The van der Waals surface area contributed by atoms with Crippen molar-refractivity contribution in [2.24, 2.45) is 0 Å². The van der Waals surface area contributed by atoms with Crippen molar-refractivity contribution in [1.29, 1.82) is 0 Å². The van der Waals surface area contributed by atoms with Gasteiger partial charge in [-0.3, -0.25) is 4.98 Å². The van der Waals surface area contributed by atoms with Gasteiger partial charge in [0, 0.05) is 11.6 Å². The summed E-state index contributed by atoms with van der Waals surface area (Å²) >= 11 is 9.43. The van der Waals surface area contributed by atoms with Crippen molar-refractivity contribution in [2.45, 2.75) is 0 Å². The van der Waals surface area contributed by atoms with E-state index in [-0.39, 0.29) is 0 Å². The Morgan fingerprint density at radius 2 is 2.00 bits per heavy atom. The van der Waals surface area contributed by atoms with E-state index < -0.39 is 0 Å². The van der Waals surface area contributed by atoms with Crippen molar-refractivity contribution in [2.75, 3.05) is 5.73 Å². The highest BCUT2D eigenvalue weighted by molar-refractivity contribution is 9.10. The SMILES string of the molecule is Nc1ncnc(Oc2ccc(Cl)c3cccnc23)c1Br. The summed E-state index contributed by atoms with van der Waals surface area (Å²) < 4.78 is 6.26. The second kappa shape index (κ2) is 5.22. The molecule has 0 bridgehead atoms. The monoisotopic (exact) mass is 350 g/mol. The summed E-state index contributed by atoms with van der Waals surface area (Å²) in [7, 11) is 0. The minimum atomic E-state index is 0.307. The summed E-state index contributed by atoms with van der Waals surface area (Å²) in [6.07, 6.45) is 3.01. The van der Waals surface area contributed by atoms with Crippen LogP contribution >= 0.6 is 27.5 Å². The zero-order valence-corrected chi connectivity index (χ0v) is 12.4. The summed E-state index contributed by atoms with van der Waals surface area (Å²) in [5, 5.41) is 1.42. The zero-order chi connectivity index (χ0) is 14.1. The average Bonchev–Trinajstić information content (AvgIpc) is 2.47. The molecule has 2 heterocycles. The summed E-state index contributed by atoms with van der Waals surface area (Å²) in [6.45, 7) is 0. The number of hydrogen-bond acceptors (Lipinski definition) is 5. The molecule has 7 heteroatoms. The molecule has 0 saturated heterocycles. The van der Waals surface area contributed by atoms with Crippen LogP contribution < -0.4 is 10.5 Å². The van der Waals surface area contributed by atoms with Gasteiger partial charge in [-0.25, -0.2) is 9.97 Å². The molecule has 0 saturated carbocycles. The Hall–Kier alpha value is -1.92. The third kappa shape index (κ3) is 2.28. The Labute approximate surface area is 127 Å². The van der Waals surface area contributed by atoms with Gasteiger partial charge < -0.3 is 10.5 Å². The number of nitrogens with two attached hydrogens (primary N) is 1. The lowest BCUT2D eigenvalue weighted by molar-refractivity contribution is 0.463. The first-order chi connectivity index (χ1) is 9.66. The maximum atomic E-state index is 6.14. The maximum absolute atomic E-state index is 6.14. The van der Waals surface area contributed by atoms with Crippen LogP contribution in [0.2, 0.25) is 5.02 Å². The molecule has 0 unspecified atom stereocenters. The molecule has 0 aliphatic carbocycles. The molecule has 3 aromatic rings. The first-order valence-corrected chi connectivity index (χ1v) is 6.81. The molecule has 0 atom stereocenters. The molecule has 20 heavy (non-hydrogen) atoms. The van der Waals surface area contributed by atoms with Crippen molar-refractivity contribution in [1.82, 2.24) is 15.0 Å². The molecule has 1 aromatic carbocycles. The lowest BCUT2D eigenvalue weighted by Crippen LogP contribution is -1.97. The highest BCUT2D eigenvalue weighted by Gasteiger charge is 2.12. The number of hydrogen-bond donors (Lipinski definition) is 1. The quantitative estimate of drug-likeness (QED) is 0.760. The van der Waals surface area contributed by atoms with Gasteiger partial charge in [-0.1, -0.05) is 11.6 Å². The zero-order valence-electron chi connectivity index (χ0n) is 10.0. The van der Waals surface area contributed by atoms with Crippen LogP contribution in [0.1, 0.15) is 0 Å². The molecule has 5 nitrogen and oxygen atoms in total. The molecule has 2 aromatic heterocycles. The molecule has 0 spiro atoms. The molecule has 0 fully saturated rings. The minimum Gasteiger partial charge on any atom is -0.435 e. The molecule has 2 N–H and O–H groups in total. The lowest BCUT2D eigenvalue weighted by Gasteiger charge is -2.10. The van der Waals surface area contributed by atoms with Crippen LogP contribution in [0, 0.1) is 0 Å². The fraction of sp³-hybridized carbons (Fsp3) is 0. The van der Waals surface area contributed by atoms with Crippen molar-refractivity contribution in [3.05, 3.63) is 46.3 Å². The van der Waals surface area contributed by atoms with Gasteiger partial charge in [0.25, 0.3) is 0 Å². The molecule has 100 valence electrons. The van der Waals surface area contributed by atoms with Crippen molar-refractivity contribution >= 4 is 44.3 Å². The summed E-state index contributed by atoms with van der Waals surface area (Å²) in [5.41, 5.74) is 6.35. The van der Waals surface area contributed by atoms with Crippen LogP contribution in [-0.2, 0) is 0 Å². The number of halogens is 2. The van der Waals surface area contributed by atoms with E-state index in [9.17, 15) is 0 Å². The number of benzene rings is 1. The number of fused-ring (bicyclic) bond motifs is 1. The molecular formula is C13H8BrClN4O. The van der Waals surface area contributed by atoms with E-state index in [4.69, 9.17) is 22.1 Å². The van der Waals surface area contributed by atoms with E-state index >= 15 is 0 Å². The van der Waals surface area contributed by atoms with Crippen molar-refractivity contribution in [3.8, 4) is 11.6 Å². The third-order valence-electron chi connectivity index (χ3n) is 2.67. The molecule has 0 radical (unpaired) electrons. The Bertz CT molecular complexity index is 796. The van der Waals surface area contributed by atoms with Crippen LogP contribution in [0.3, 0.4) is 0 Å². The first kappa shape index (κ1) is 13.1. The predicted molar refractivity (Wildman–Crippen MR) is 81.0 cm³/mol. The average molecular weight is 352 g/mol. The number of anilines is 1. The number of nitrogens with zero attached hydrogens (tertiary/aromatic N) is 3. The first-order valence-electron chi connectivity index (χ1n) is 5.64. The summed E-state index contributed by atoms with van der Waals surface area (Å²) in [5.74, 6) is 1.18. The van der Waals surface area contributed by atoms with Gasteiger partial charge in [-0.15, -0.1) is 0 Å². The molecule has 0 amide bonds.